The van der Waals surface area contributed by atoms with E-state index in [9.17, 15) is 0 Å². The van der Waals surface area contributed by atoms with Gasteiger partial charge in [0.25, 0.3) is 0 Å². The van der Waals surface area contributed by atoms with Crippen LogP contribution in [0.1, 0.15) is 5.56 Å². The van der Waals surface area contributed by atoms with Gasteiger partial charge < -0.3 is 4.40 Å². The number of benzene rings is 1. The van der Waals surface area contributed by atoms with Crippen molar-refractivity contribution in [3.05, 3.63) is 60.6 Å². The summed E-state index contributed by atoms with van der Waals surface area (Å²) >= 11 is 0. The first kappa shape index (κ1) is 9.16. The normalized spacial score (nSPS) is 10.8. The molecule has 2 heterocycles. The molecule has 0 atom stereocenters. The summed E-state index contributed by atoms with van der Waals surface area (Å²) in [6.45, 7) is 2.11. The van der Waals surface area contributed by atoms with Gasteiger partial charge >= 0.3 is 0 Å². The lowest BCUT2D eigenvalue weighted by Crippen LogP contribution is -1.85. The van der Waals surface area contributed by atoms with Crippen molar-refractivity contribution in [3.8, 4) is 11.1 Å². The predicted molar refractivity (Wildman–Crippen MR) is 65.4 cm³/mol. The molecule has 0 amide bonds. The van der Waals surface area contributed by atoms with Gasteiger partial charge in [0.2, 0.25) is 0 Å². The van der Waals surface area contributed by atoms with E-state index in [0.717, 1.165) is 5.65 Å². The number of hydrogen-bond acceptors (Lipinski definition) is 1. The van der Waals surface area contributed by atoms with Crippen molar-refractivity contribution in [2.24, 2.45) is 0 Å². The number of aryl methyl sites for hydroxylation is 1. The van der Waals surface area contributed by atoms with E-state index >= 15 is 0 Å². The maximum Gasteiger partial charge on any atom is 0.137 e. The molecule has 78 valence electrons. The van der Waals surface area contributed by atoms with Crippen LogP contribution >= 0.6 is 0 Å². The first-order valence-electron chi connectivity index (χ1n) is 5.33. The van der Waals surface area contributed by atoms with Crippen molar-refractivity contribution < 1.29 is 0 Å². The fraction of sp³-hybridized carbons (Fsp3) is 0.0714. The molecule has 0 aliphatic carbocycles. The molecule has 0 spiro atoms. The van der Waals surface area contributed by atoms with Gasteiger partial charge in [0.1, 0.15) is 5.65 Å². The third-order valence-electron chi connectivity index (χ3n) is 2.75. The molecule has 1 aromatic carbocycles. The Labute approximate surface area is 94.2 Å². The monoisotopic (exact) mass is 208 g/mol. The summed E-state index contributed by atoms with van der Waals surface area (Å²) in [7, 11) is 0. The van der Waals surface area contributed by atoms with E-state index in [1.54, 1.807) is 0 Å². The van der Waals surface area contributed by atoms with Crippen LogP contribution in [0.5, 0.6) is 0 Å². The summed E-state index contributed by atoms with van der Waals surface area (Å²) in [5, 5.41) is 0. The molecular weight excluding hydrogens is 196 g/mol. The Morgan fingerprint density at radius 1 is 1.00 bits per heavy atom. The van der Waals surface area contributed by atoms with Crippen LogP contribution in [0.15, 0.2) is 55.0 Å². The Morgan fingerprint density at radius 3 is 2.75 bits per heavy atom. The zero-order chi connectivity index (χ0) is 11.0. The standard InChI is InChI=1S/C14H12N2/c1-11-3-2-4-12(9-11)13-5-7-16-8-6-15-14(16)10-13/h2-10H,1H3. The Balaban J connectivity index is 2.18. The topological polar surface area (TPSA) is 17.3 Å². The lowest BCUT2D eigenvalue weighted by Gasteiger charge is -2.03. The van der Waals surface area contributed by atoms with E-state index in [0.29, 0.717) is 0 Å². The Kier molecular flexibility index (Phi) is 2.00. The van der Waals surface area contributed by atoms with Crippen molar-refractivity contribution >= 4 is 5.65 Å². The summed E-state index contributed by atoms with van der Waals surface area (Å²) < 4.78 is 2.01. The van der Waals surface area contributed by atoms with E-state index < -0.39 is 0 Å². The molecule has 0 saturated heterocycles. The SMILES string of the molecule is Cc1cccc(-c2ccn3ccnc3c2)c1. The Bertz CT molecular complexity index is 638. The molecule has 0 aliphatic rings. The molecule has 2 nitrogen and oxygen atoms in total. The number of aromatic nitrogens is 2. The molecule has 2 heteroatoms. The molecule has 0 unspecified atom stereocenters. The van der Waals surface area contributed by atoms with Crippen LogP contribution in [-0.4, -0.2) is 9.38 Å². The molecule has 0 radical (unpaired) electrons. The van der Waals surface area contributed by atoms with E-state index in [4.69, 9.17) is 0 Å². The highest BCUT2D eigenvalue weighted by atomic mass is 15.0. The third kappa shape index (κ3) is 1.48. The summed E-state index contributed by atoms with van der Waals surface area (Å²) in [5.74, 6) is 0. The highest BCUT2D eigenvalue weighted by molar-refractivity contribution is 5.67. The second-order valence-corrected chi connectivity index (χ2v) is 3.98. The molecule has 0 N–H and O–H groups in total. The van der Waals surface area contributed by atoms with E-state index in [2.05, 4.69) is 48.3 Å². The van der Waals surface area contributed by atoms with Crippen molar-refractivity contribution in [2.75, 3.05) is 0 Å². The molecule has 3 rings (SSSR count). The van der Waals surface area contributed by atoms with Crippen LogP contribution < -0.4 is 0 Å². The zero-order valence-electron chi connectivity index (χ0n) is 9.09. The van der Waals surface area contributed by atoms with Gasteiger partial charge in [-0.2, -0.15) is 0 Å². The smallest absolute Gasteiger partial charge is 0.137 e. The average Bonchev–Trinajstić information content (AvgIpc) is 2.75. The minimum atomic E-state index is 0.985. The summed E-state index contributed by atoms with van der Waals surface area (Å²) in [6.07, 6.45) is 5.81. The lowest BCUT2D eigenvalue weighted by molar-refractivity contribution is 1.19. The second kappa shape index (κ2) is 3.49. The zero-order valence-corrected chi connectivity index (χ0v) is 9.09. The van der Waals surface area contributed by atoms with Crippen LogP contribution in [0.3, 0.4) is 0 Å². The van der Waals surface area contributed by atoms with Gasteiger partial charge in [-0.3, -0.25) is 0 Å². The van der Waals surface area contributed by atoms with Gasteiger partial charge in [0, 0.05) is 18.6 Å². The van der Waals surface area contributed by atoms with E-state index in [1.807, 2.05) is 23.0 Å². The number of pyridine rings is 1. The highest BCUT2D eigenvalue weighted by Gasteiger charge is 2.00. The van der Waals surface area contributed by atoms with Gasteiger partial charge in [-0.1, -0.05) is 29.8 Å². The van der Waals surface area contributed by atoms with Gasteiger partial charge in [-0.25, -0.2) is 4.98 Å². The van der Waals surface area contributed by atoms with E-state index in [-0.39, 0.29) is 0 Å². The Hall–Kier alpha value is -2.09. The Morgan fingerprint density at radius 2 is 1.88 bits per heavy atom. The molecule has 0 bridgehead atoms. The maximum atomic E-state index is 4.29. The van der Waals surface area contributed by atoms with Gasteiger partial charge in [-0.05, 0) is 30.2 Å². The van der Waals surface area contributed by atoms with Gasteiger partial charge in [0.15, 0.2) is 0 Å². The van der Waals surface area contributed by atoms with Crippen LogP contribution in [0.2, 0.25) is 0 Å². The summed E-state index contributed by atoms with van der Waals surface area (Å²) in [4.78, 5) is 4.29. The number of nitrogens with zero attached hydrogens (tertiary/aromatic N) is 2. The summed E-state index contributed by atoms with van der Waals surface area (Å²) in [6, 6.07) is 12.7. The number of fused-ring (bicyclic) bond motifs is 1. The average molecular weight is 208 g/mol. The highest BCUT2D eigenvalue weighted by Crippen LogP contribution is 2.21. The van der Waals surface area contributed by atoms with Crippen LogP contribution in [0.25, 0.3) is 16.8 Å². The lowest BCUT2D eigenvalue weighted by atomic mass is 10.1. The molecule has 16 heavy (non-hydrogen) atoms. The van der Waals surface area contributed by atoms with Crippen LogP contribution in [0.4, 0.5) is 0 Å². The fourth-order valence-electron chi connectivity index (χ4n) is 1.91. The fourth-order valence-corrected chi connectivity index (χ4v) is 1.91. The molecule has 3 aromatic rings. The van der Waals surface area contributed by atoms with Crippen molar-refractivity contribution in [1.82, 2.24) is 9.38 Å². The largest absolute Gasteiger partial charge is 0.307 e. The molecule has 2 aromatic heterocycles. The first-order valence-corrected chi connectivity index (χ1v) is 5.33. The van der Waals surface area contributed by atoms with Crippen molar-refractivity contribution in [1.29, 1.82) is 0 Å². The molecular formula is C14H12N2. The van der Waals surface area contributed by atoms with Gasteiger partial charge in [-0.15, -0.1) is 0 Å². The van der Waals surface area contributed by atoms with E-state index in [1.165, 1.54) is 16.7 Å². The van der Waals surface area contributed by atoms with Crippen molar-refractivity contribution in [2.45, 2.75) is 6.92 Å². The summed E-state index contributed by atoms with van der Waals surface area (Å²) in [5.41, 5.74) is 4.72. The predicted octanol–water partition coefficient (Wildman–Crippen LogP) is 3.31. The number of hydrogen-bond donors (Lipinski definition) is 0. The third-order valence-corrected chi connectivity index (χ3v) is 2.75. The molecule has 0 fully saturated rings. The first-order chi connectivity index (χ1) is 7.83. The van der Waals surface area contributed by atoms with Crippen molar-refractivity contribution in [3.63, 3.8) is 0 Å². The maximum absolute atomic E-state index is 4.29. The molecule has 0 saturated carbocycles. The minimum Gasteiger partial charge on any atom is -0.307 e. The second-order valence-electron chi connectivity index (χ2n) is 3.98. The quantitative estimate of drug-likeness (QED) is 0.599. The number of imidazole rings is 1. The minimum absolute atomic E-state index is 0.985. The van der Waals surface area contributed by atoms with Gasteiger partial charge in [0.05, 0.1) is 0 Å². The number of rotatable bonds is 1. The molecule has 0 aliphatic heterocycles. The van der Waals surface area contributed by atoms with Crippen LogP contribution in [-0.2, 0) is 0 Å². The van der Waals surface area contributed by atoms with Crippen LogP contribution in [0, 0.1) is 6.92 Å².